The van der Waals surface area contributed by atoms with E-state index in [9.17, 15) is 4.39 Å². The van der Waals surface area contributed by atoms with Crippen LogP contribution in [-0.4, -0.2) is 13.2 Å². The summed E-state index contributed by atoms with van der Waals surface area (Å²) in [5, 5.41) is 3.35. The molecule has 0 aromatic heterocycles. The third kappa shape index (κ3) is 4.63. The lowest BCUT2D eigenvalue weighted by Crippen LogP contribution is -2.15. The van der Waals surface area contributed by atoms with Crippen LogP contribution in [0.3, 0.4) is 0 Å². The number of anilines is 1. The molecule has 1 aromatic carbocycles. The summed E-state index contributed by atoms with van der Waals surface area (Å²) in [6, 6.07) is 5.24. The van der Waals surface area contributed by atoms with Crippen molar-refractivity contribution in [2.24, 2.45) is 5.92 Å². The molecule has 1 atom stereocenters. The van der Waals surface area contributed by atoms with E-state index >= 15 is 0 Å². The molecule has 3 heteroatoms. The fourth-order valence-corrected chi connectivity index (χ4v) is 1.69. The van der Waals surface area contributed by atoms with Crippen LogP contribution in [0.5, 0.6) is 5.75 Å². The zero-order valence-electron chi connectivity index (χ0n) is 11.1. The maximum Gasteiger partial charge on any atom is 0.165 e. The molecule has 17 heavy (non-hydrogen) atoms. The highest BCUT2D eigenvalue weighted by Crippen LogP contribution is 2.22. The van der Waals surface area contributed by atoms with Gasteiger partial charge in [-0.2, -0.15) is 0 Å². The first-order valence-electron chi connectivity index (χ1n) is 6.13. The molecule has 0 radical (unpaired) electrons. The zero-order valence-corrected chi connectivity index (χ0v) is 11.1. The second-order valence-corrected chi connectivity index (χ2v) is 4.87. The summed E-state index contributed by atoms with van der Waals surface area (Å²) in [6.07, 6.45) is 2.30. The van der Waals surface area contributed by atoms with Crippen molar-refractivity contribution in [2.75, 3.05) is 12.4 Å². The van der Waals surface area contributed by atoms with Gasteiger partial charge < -0.3 is 10.1 Å². The first-order valence-corrected chi connectivity index (χ1v) is 6.13. The van der Waals surface area contributed by atoms with Crippen LogP contribution in [0.25, 0.3) is 0 Å². The zero-order chi connectivity index (χ0) is 12.8. The monoisotopic (exact) mass is 239 g/mol. The summed E-state index contributed by atoms with van der Waals surface area (Å²) < 4.78 is 18.2. The minimum absolute atomic E-state index is 0.283. The van der Waals surface area contributed by atoms with Gasteiger partial charge in [-0.15, -0.1) is 0 Å². The van der Waals surface area contributed by atoms with E-state index in [4.69, 9.17) is 4.74 Å². The van der Waals surface area contributed by atoms with Gasteiger partial charge in [-0.3, -0.25) is 0 Å². The average Bonchev–Trinajstić information content (AvgIpc) is 2.29. The number of rotatable bonds is 6. The van der Waals surface area contributed by atoms with E-state index in [-0.39, 0.29) is 11.6 Å². The van der Waals surface area contributed by atoms with Gasteiger partial charge >= 0.3 is 0 Å². The Bertz CT molecular complexity index is 352. The van der Waals surface area contributed by atoms with Crippen LogP contribution in [0.2, 0.25) is 0 Å². The molecule has 0 aliphatic carbocycles. The highest BCUT2D eigenvalue weighted by Gasteiger charge is 2.07. The Hall–Kier alpha value is -1.25. The number of ether oxygens (including phenoxy) is 1. The Balaban J connectivity index is 2.56. The van der Waals surface area contributed by atoms with Crippen LogP contribution >= 0.6 is 0 Å². The van der Waals surface area contributed by atoms with Crippen LogP contribution in [-0.2, 0) is 0 Å². The highest BCUT2D eigenvalue weighted by molar-refractivity contribution is 5.49. The van der Waals surface area contributed by atoms with Crippen molar-refractivity contribution < 1.29 is 9.13 Å². The Morgan fingerprint density at radius 3 is 2.53 bits per heavy atom. The van der Waals surface area contributed by atoms with Crippen molar-refractivity contribution in [1.82, 2.24) is 0 Å². The molecule has 1 aromatic rings. The summed E-state index contributed by atoms with van der Waals surface area (Å²) in [5.41, 5.74) is 0.902. The third-order valence-corrected chi connectivity index (χ3v) is 2.74. The number of hydrogen-bond donors (Lipinski definition) is 1. The summed E-state index contributed by atoms with van der Waals surface area (Å²) in [7, 11) is 1.48. The Labute approximate surface area is 103 Å². The molecular weight excluding hydrogens is 217 g/mol. The van der Waals surface area contributed by atoms with Gasteiger partial charge in [0.05, 0.1) is 7.11 Å². The van der Waals surface area contributed by atoms with E-state index in [0.29, 0.717) is 12.0 Å². The predicted octanol–water partition coefficient (Wildman–Crippen LogP) is 4.07. The van der Waals surface area contributed by atoms with E-state index in [2.05, 4.69) is 26.1 Å². The smallest absolute Gasteiger partial charge is 0.165 e. The lowest BCUT2D eigenvalue weighted by atomic mass is 10.0. The van der Waals surface area contributed by atoms with Gasteiger partial charge in [0.2, 0.25) is 0 Å². The summed E-state index contributed by atoms with van der Waals surface area (Å²) >= 11 is 0. The molecule has 96 valence electrons. The lowest BCUT2D eigenvalue weighted by molar-refractivity contribution is 0.386. The number of nitrogens with one attached hydrogen (secondary N) is 1. The van der Waals surface area contributed by atoms with Crippen molar-refractivity contribution >= 4 is 5.69 Å². The first kappa shape index (κ1) is 13.8. The SMILES string of the molecule is COc1cc(NC(C)CCC(C)C)ccc1F. The van der Waals surface area contributed by atoms with E-state index in [1.807, 2.05) is 0 Å². The van der Waals surface area contributed by atoms with Gasteiger partial charge in [-0.05, 0) is 37.8 Å². The molecule has 0 amide bonds. The quantitative estimate of drug-likeness (QED) is 0.808. The molecule has 2 nitrogen and oxygen atoms in total. The molecule has 1 N–H and O–H groups in total. The molecular formula is C14H22FNO. The van der Waals surface area contributed by atoms with Gasteiger partial charge in [0.25, 0.3) is 0 Å². The first-order chi connectivity index (χ1) is 8.02. The lowest BCUT2D eigenvalue weighted by Gasteiger charge is -2.17. The minimum Gasteiger partial charge on any atom is -0.494 e. The number of hydrogen-bond acceptors (Lipinski definition) is 2. The molecule has 0 aliphatic rings. The second kappa shape index (κ2) is 6.48. The average molecular weight is 239 g/mol. The molecule has 0 bridgehead atoms. The van der Waals surface area contributed by atoms with Gasteiger partial charge in [0.1, 0.15) is 0 Å². The van der Waals surface area contributed by atoms with Crippen LogP contribution < -0.4 is 10.1 Å². The fourth-order valence-electron chi connectivity index (χ4n) is 1.69. The third-order valence-electron chi connectivity index (χ3n) is 2.74. The summed E-state index contributed by atoms with van der Waals surface area (Å²) in [4.78, 5) is 0. The second-order valence-electron chi connectivity index (χ2n) is 4.87. The molecule has 0 saturated carbocycles. The normalized spacial score (nSPS) is 12.6. The van der Waals surface area contributed by atoms with Crippen LogP contribution in [0.1, 0.15) is 33.6 Å². The topological polar surface area (TPSA) is 21.3 Å². The maximum absolute atomic E-state index is 13.2. The van der Waals surface area contributed by atoms with Crippen molar-refractivity contribution in [1.29, 1.82) is 0 Å². The predicted molar refractivity (Wildman–Crippen MR) is 70.1 cm³/mol. The number of benzene rings is 1. The standard InChI is InChI=1S/C14H22FNO/c1-10(2)5-6-11(3)16-12-7-8-13(15)14(9-12)17-4/h7-11,16H,5-6H2,1-4H3. The van der Waals surface area contributed by atoms with E-state index in [0.717, 1.165) is 12.1 Å². The van der Waals surface area contributed by atoms with Gasteiger partial charge in [-0.1, -0.05) is 13.8 Å². The summed E-state index contributed by atoms with van der Waals surface area (Å²) in [6.45, 7) is 6.57. The van der Waals surface area contributed by atoms with E-state index in [1.165, 1.54) is 19.6 Å². The molecule has 1 rings (SSSR count). The Morgan fingerprint density at radius 1 is 1.24 bits per heavy atom. The fraction of sp³-hybridized carbons (Fsp3) is 0.571. The Kier molecular flexibility index (Phi) is 5.26. The van der Waals surface area contributed by atoms with Crippen molar-refractivity contribution in [3.63, 3.8) is 0 Å². The number of methoxy groups -OCH3 is 1. The maximum atomic E-state index is 13.2. The van der Waals surface area contributed by atoms with Crippen molar-refractivity contribution in [3.8, 4) is 5.75 Å². The van der Waals surface area contributed by atoms with E-state index in [1.54, 1.807) is 12.1 Å². The van der Waals surface area contributed by atoms with Crippen LogP contribution in [0.15, 0.2) is 18.2 Å². The van der Waals surface area contributed by atoms with Gasteiger partial charge in [0.15, 0.2) is 11.6 Å². The Morgan fingerprint density at radius 2 is 1.94 bits per heavy atom. The van der Waals surface area contributed by atoms with Gasteiger partial charge in [0, 0.05) is 17.8 Å². The van der Waals surface area contributed by atoms with Crippen LogP contribution in [0, 0.1) is 11.7 Å². The molecule has 0 spiro atoms. The molecule has 1 unspecified atom stereocenters. The summed E-state index contributed by atoms with van der Waals surface area (Å²) in [5.74, 6) is 0.668. The molecule has 0 fully saturated rings. The highest BCUT2D eigenvalue weighted by atomic mass is 19.1. The molecule has 0 saturated heterocycles. The molecule has 0 heterocycles. The molecule has 0 aliphatic heterocycles. The van der Waals surface area contributed by atoms with Crippen molar-refractivity contribution in [2.45, 2.75) is 39.7 Å². The van der Waals surface area contributed by atoms with Crippen LogP contribution in [0.4, 0.5) is 10.1 Å². The largest absolute Gasteiger partial charge is 0.494 e. The van der Waals surface area contributed by atoms with Gasteiger partial charge in [-0.25, -0.2) is 4.39 Å². The minimum atomic E-state index is -0.326. The number of halogens is 1. The van der Waals surface area contributed by atoms with E-state index < -0.39 is 0 Å². The van der Waals surface area contributed by atoms with Crippen molar-refractivity contribution in [3.05, 3.63) is 24.0 Å².